The van der Waals surface area contributed by atoms with Crippen molar-refractivity contribution in [2.45, 2.75) is 45.5 Å². The molecule has 0 aliphatic heterocycles. The molecule has 0 bridgehead atoms. The Bertz CT molecular complexity index is 502. The number of hydrogen-bond acceptors (Lipinski definition) is 5. The zero-order valence-corrected chi connectivity index (χ0v) is 12.6. The molecule has 2 atom stereocenters. The number of aliphatic hydroxyl groups excluding tert-OH is 2. The maximum absolute atomic E-state index is 13.3. The van der Waals surface area contributed by atoms with Crippen molar-refractivity contribution in [2.75, 3.05) is 6.54 Å². The van der Waals surface area contributed by atoms with Crippen molar-refractivity contribution in [1.29, 1.82) is 0 Å². The summed E-state index contributed by atoms with van der Waals surface area (Å²) in [6.07, 6.45) is -2.13. The Labute approximate surface area is 123 Å². The van der Waals surface area contributed by atoms with Crippen LogP contribution in [0.4, 0.5) is 9.18 Å². The molecule has 118 valence electrons. The van der Waals surface area contributed by atoms with Gasteiger partial charge < -0.3 is 20.3 Å². The van der Waals surface area contributed by atoms with Gasteiger partial charge in [0, 0.05) is 18.3 Å². The number of carbonyl (C=O) groups excluding carboxylic acids is 1. The van der Waals surface area contributed by atoms with Crippen molar-refractivity contribution >= 4 is 6.09 Å². The van der Waals surface area contributed by atoms with Crippen molar-refractivity contribution in [3.63, 3.8) is 0 Å². The van der Waals surface area contributed by atoms with Crippen molar-refractivity contribution in [1.82, 2.24) is 10.3 Å². The van der Waals surface area contributed by atoms with E-state index < -0.39 is 29.8 Å². The molecule has 21 heavy (non-hydrogen) atoms. The summed E-state index contributed by atoms with van der Waals surface area (Å²) in [6.45, 7) is 6.36. The Morgan fingerprint density at radius 2 is 2.10 bits per heavy atom. The van der Waals surface area contributed by atoms with Gasteiger partial charge in [-0.3, -0.25) is 0 Å². The van der Waals surface area contributed by atoms with Gasteiger partial charge in [0.1, 0.15) is 17.8 Å². The van der Waals surface area contributed by atoms with Gasteiger partial charge in [0.05, 0.1) is 0 Å². The summed E-state index contributed by atoms with van der Waals surface area (Å²) < 4.78 is 18.3. The maximum Gasteiger partial charge on any atom is 0.407 e. The number of aromatic nitrogens is 1. The van der Waals surface area contributed by atoms with Crippen LogP contribution in [-0.4, -0.2) is 39.5 Å². The Kier molecular flexibility index (Phi) is 5.62. The molecular weight excluding hydrogens is 279 g/mol. The van der Waals surface area contributed by atoms with E-state index in [0.717, 1.165) is 0 Å². The lowest BCUT2D eigenvalue weighted by Crippen LogP contribution is -2.39. The molecule has 3 N–H and O–H groups in total. The lowest BCUT2D eigenvalue weighted by atomic mass is 10.0. The molecule has 0 saturated carbocycles. The first kappa shape index (κ1) is 17.3. The quantitative estimate of drug-likeness (QED) is 0.732. The number of alkyl carbamates (subject to hydrolysis) is 1. The first-order valence-corrected chi connectivity index (χ1v) is 6.56. The molecule has 0 radical (unpaired) electrons. The third-order valence-electron chi connectivity index (χ3n) is 2.72. The highest BCUT2D eigenvalue weighted by molar-refractivity contribution is 5.67. The van der Waals surface area contributed by atoms with E-state index in [1.54, 1.807) is 20.8 Å². The van der Waals surface area contributed by atoms with Crippen LogP contribution in [0, 0.1) is 12.9 Å². The number of nitrogens with one attached hydrogen (secondary N) is 1. The molecule has 1 aromatic rings. The smallest absolute Gasteiger partial charge is 0.407 e. The fourth-order valence-electron chi connectivity index (χ4n) is 1.67. The summed E-state index contributed by atoms with van der Waals surface area (Å²) in [5.41, 5.74) is -0.277. The van der Waals surface area contributed by atoms with Gasteiger partial charge in [-0.2, -0.15) is 4.39 Å². The summed E-state index contributed by atoms with van der Waals surface area (Å²) in [5.74, 6) is -0.709. The molecule has 0 aliphatic carbocycles. The van der Waals surface area contributed by atoms with Crippen LogP contribution in [0.2, 0.25) is 0 Å². The third kappa shape index (κ3) is 5.28. The second-order valence-corrected chi connectivity index (χ2v) is 5.71. The van der Waals surface area contributed by atoms with Gasteiger partial charge in [-0.15, -0.1) is 0 Å². The molecule has 0 aliphatic rings. The Hall–Kier alpha value is -1.73. The number of carbonyl (C=O) groups is 1. The minimum absolute atomic E-state index is 0.154. The van der Waals surface area contributed by atoms with Gasteiger partial charge >= 0.3 is 6.09 Å². The largest absolute Gasteiger partial charge is 0.444 e. The highest BCUT2D eigenvalue weighted by Gasteiger charge is 2.23. The van der Waals surface area contributed by atoms with Crippen LogP contribution in [0.15, 0.2) is 12.3 Å². The van der Waals surface area contributed by atoms with Gasteiger partial charge in [0.25, 0.3) is 0 Å². The van der Waals surface area contributed by atoms with Gasteiger partial charge in [-0.05, 0) is 39.3 Å². The predicted molar refractivity (Wildman–Crippen MR) is 74.1 cm³/mol. The summed E-state index contributed by atoms with van der Waals surface area (Å²) >= 11 is 0. The predicted octanol–water partition coefficient (Wildman–Crippen LogP) is 1.45. The van der Waals surface area contributed by atoms with E-state index in [9.17, 15) is 19.4 Å². The minimum atomic E-state index is -1.34. The average molecular weight is 300 g/mol. The monoisotopic (exact) mass is 300 g/mol. The molecular formula is C14H21FN2O4. The second-order valence-electron chi connectivity index (χ2n) is 5.71. The number of hydrogen-bond donors (Lipinski definition) is 3. The van der Waals surface area contributed by atoms with Gasteiger partial charge in [-0.25, -0.2) is 9.78 Å². The molecule has 6 nitrogen and oxygen atoms in total. The zero-order valence-electron chi connectivity index (χ0n) is 12.6. The van der Waals surface area contributed by atoms with Crippen molar-refractivity contribution in [2.24, 2.45) is 0 Å². The van der Waals surface area contributed by atoms with Crippen molar-refractivity contribution in [3.05, 3.63) is 29.3 Å². The number of ether oxygens (including phenoxy) is 1. The molecule has 1 aromatic heterocycles. The van der Waals surface area contributed by atoms with E-state index in [4.69, 9.17) is 4.74 Å². The Morgan fingerprint density at radius 1 is 1.48 bits per heavy atom. The standard InChI is InChI=1S/C14H21FN2O4/c1-8-9(5-6-16-12(8)15)11(19)10(18)7-17-13(20)21-14(2,3)4/h5-6,10-11,18-19H,7H2,1-4H3,(H,17,20). The molecule has 1 rings (SSSR count). The van der Waals surface area contributed by atoms with Crippen LogP contribution < -0.4 is 5.32 Å². The fraction of sp³-hybridized carbons (Fsp3) is 0.571. The minimum Gasteiger partial charge on any atom is -0.444 e. The van der Waals surface area contributed by atoms with E-state index in [0.29, 0.717) is 0 Å². The van der Waals surface area contributed by atoms with Crippen LogP contribution >= 0.6 is 0 Å². The SMILES string of the molecule is Cc1c(C(O)C(O)CNC(=O)OC(C)(C)C)ccnc1F. The highest BCUT2D eigenvalue weighted by atomic mass is 19.1. The first-order chi connectivity index (χ1) is 9.61. The van der Waals surface area contributed by atoms with E-state index in [1.807, 2.05) is 0 Å². The summed E-state index contributed by atoms with van der Waals surface area (Å²) in [4.78, 5) is 14.9. The van der Waals surface area contributed by atoms with E-state index in [1.165, 1.54) is 19.2 Å². The Morgan fingerprint density at radius 3 is 2.67 bits per heavy atom. The zero-order chi connectivity index (χ0) is 16.2. The molecule has 0 saturated heterocycles. The Balaban J connectivity index is 2.61. The van der Waals surface area contributed by atoms with Crippen LogP contribution in [0.25, 0.3) is 0 Å². The van der Waals surface area contributed by atoms with Gasteiger partial charge in [0.2, 0.25) is 5.95 Å². The highest BCUT2D eigenvalue weighted by Crippen LogP contribution is 2.21. The third-order valence-corrected chi connectivity index (χ3v) is 2.72. The second kappa shape index (κ2) is 6.82. The van der Waals surface area contributed by atoms with Gasteiger partial charge in [0.15, 0.2) is 0 Å². The lowest BCUT2D eigenvalue weighted by Gasteiger charge is -2.22. The van der Waals surface area contributed by atoms with Crippen molar-refractivity contribution in [3.8, 4) is 0 Å². The number of amides is 1. The maximum atomic E-state index is 13.3. The molecule has 1 heterocycles. The number of rotatable bonds is 4. The number of aliphatic hydroxyl groups is 2. The van der Waals surface area contributed by atoms with E-state index in [-0.39, 0.29) is 17.7 Å². The van der Waals surface area contributed by atoms with Crippen LogP contribution in [0.5, 0.6) is 0 Å². The van der Waals surface area contributed by atoms with E-state index >= 15 is 0 Å². The topological polar surface area (TPSA) is 91.7 Å². The van der Waals surface area contributed by atoms with E-state index in [2.05, 4.69) is 10.3 Å². The average Bonchev–Trinajstić information content (AvgIpc) is 2.36. The molecule has 1 amide bonds. The molecule has 0 aromatic carbocycles. The first-order valence-electron chi connectivity index (χ1n) is 6.56. The lowest BCUT2D eigenvalue weighted by molar-refractivity contribution is 0.0124. The number of nitrogens with zero attached hydrogens (tertiary/aromatic N) is 1. The van der Waals surface area contributed by atoms with Crippen LogP contribution in [0.3, 0.4) is 0 Å². The summed E-state index contributed by atoms with van der Waals surface area (Å²) in [7, 11) is 0. The number of halogens is 1. The normalized spacial score (nSPS) is 14.4. The van der Waals surface area contributed by atoms with Crippen LogP contribution in [-0.2, 0) is 4.74 Å². The summed E-state index contributed by atoms with van der Waals surface area (Å²) in [6, 6.07) is 1.42. The van der Waals surface area contributed by atoms with Gasteiger partial charge in [-0.1, -0.05) is 0 Å². The van der Waals surface area contributed by atoms with Crippen LogP contribution in [0.1, 0.15) is 38.0 Å². The number of pyridine rings is 1. The molecule has 7 heteroatoms. The molecule has 0 fully saturated rings. The molecule has 0 spiro atoms. The summed E-state index contributed by atoms with van der Waals surface area (Å²) in [5, 5.41) is 22.2. The molecule has 2 unspecified atom stereocenters. The van der Waals surface area contributed by atoms with Crippen molar-refractivity contribution < 1.29 is 24.1 Å². The fourth-order valence-corrected chi connectivity index (χ4v) is 1.67.